The van der Waals surface area contributed by atoms with Gasteiger partial charge in [-0.05, 0) is 56.2 Å². The lowest BCUT2D eigenvalue weighted by Crippen LogP contribution is -2.52. The number of hydrogen-bond acceptors (Lipinski definition) is 8. The first-order valence-electron chi connectivity index (χ1n) is 11.5. The molecule has 4 atom stereocenters. The van der Waals surface area contributed by atoms with Gasteiger partial charge in [0.25, 0.3) is 0 Å². The first-order chi connectivity index (χ1) is 17.0. The van der Waals surface area contributed by atoms with Gasteiger partial charge in [-0.2, -0.15) is 0 Å². The normalized spacial score (nSPS) is 22.2. The topological polar surface area (TPSA) is 138 Å². The molecule has 2 aromatic rings. The third kappa shape index (κ3) is 4.94. The number of hydrogen-bond donors (Lipinski definition) is 2. The molecule has 2 heterocycles. The van der Waals surface area contributed by atoms with E-state index in [-0.39, 0.29) is 13.3 Å². The van der Waals surface area contributed by atoms with Crippen LogP contribution in [0.15, 0.2) is 42.5 Å². The Kier molecular flexibility index (Phi) is 6.81. The number of esters is 1. The van der Waals surface area contributed by atoms with Crippen LogP contribution in [0.2, 0.25) is 0 Å². The minimum absolute atomic E-state index is 0.0696. The van der Waals surface area contributed by atoms with Crippen molar-refractivity contribution in [3.63, 3.8) is 0 Å². The average molecular weight is 499 g/mol. The Labute approximate surface area is 208 Å². The van der Waals surface area contributed by atoms with Crippen LogP contribution < -0.4 is 19.9 Å². The summed E-state index contributed by atoms with van der Waals surface area (Å²) in [5.74, 6) is -2.77. The van der Waals surface area contributed by atoms with Crippen molar-refractivity contribution in [1.29, 1.82) is 0 Å². The zero-order valence-corrected chi connectivity index (χ0v) is 20.6. The van der Waals surface area contributed by atoms with Gasteiger partial charge < -0.3 is 29.8 Å². The van der Waals surface area contributed by atoms with Crippen LogP contribution >= 0.6 is 0 Å². The molecule has 3 N–H and O–H groups in total. The highest BCUT2D eigenvalue weighted by atomic mass is 16.7. The zero-order chi connectivity index (χ0) is 26.2. The number of carbonyl (C=O) groups is 3. The van der Waals surface area contributed by atoms with Gasteiger partial charge >= 0.3 is 11.9 Å². The predicted molar refractivity (Wildman–Crippen MR) is 128 cm³/mol. The summed E-state index contributed by atoms with van der Waals surface area (Å²) in [5.41, 5.74) is 6.12. The van der Waals surface area contributed by atoms with Crippen LogP contribution in [0.1, 0.15) is 43.9 Å². The average Bonchev–Trinajstić information content (AvgIpc) is 3.42. The number of fused-ring (bicyclic) bond motifs is 1. The lowest BCUT2D eigenvalue weighted by Gasteiger charge is -2.33. The fourth-order valence-electron chi connectivity index (χ4n) is 4.88. The molecule has 2 aliphatic rings. The summed E-state index contributed by atoms with van der Waals surface area (Å²) in [4.78, 5) is 40.1. The molecule has 0 radical (unpaired) electrons. The maximum Gasteiger partial charge on any atom is 0.333 e. The molecule has 0 aliphatic carbocycles. The van der Waals surface area contributed by atoms with Crippen molar-refractivity contribution in [1.82, 2.24) is 4.90 Å². The van der Waals surface area contributed by atoms with E-state index in [2.05, 4.69) is 0 Å². The molecule has 4 rings (SSSR count). The summed E-state index contributed by atoms with van der Waals surface area (Å²) >= 11 is 0. The van der Waals surface area contributed by atoms with Crippen LogP contribution in [0.5, 0.6) is 17.2 Å². The Balaban J connectivity index is 1.82. The van der Waals surface area contributed by atoms with E-state index in [0.29, 0.717) is 28.4 Å². The van der Waals surface area contributed by atoms with E-state index >= 15 is 0 Å². The number of carboxylic acids is 1. The summed E-state index contributed by atoms with van der Waals surface area (Å²) in [6.07, 6.45) is 0. The standard InChI is InChI=1S/C26H30N2O8/c1-26(2,3)36-25(32)22(23(27)29)28-12-17(15-7-10-18-19(11-15)35-13-34-18)20(24(30)31)21(28)14-5-8-16(33-4)9-6-14/h5-11,17,20-22H,12-13H2,1-4H3,(H2,27,29)(H,30,31). The first-order valence-corrected chi connectivity index (χ1v) is 11.5. The van der Waals surface area contributed by atoms with Gasteiger partial charge in [-0.25, -0.2) is 4.79 Å². The molecule has 1 fully saturated rings. The van der Waals surface area contributed by atoms with Gasteiger partial charge in [0, 0.05) is 12.5 Å². The minimum atomic E-state index is -1.49. The summed E-state index contributed by atoms with van der Waals surface area (Å²) in [5, 5.41) is 10.4. The van der Waals surface area contributed by atoms with E-state index in [0.717, 1.165) is 0 Å². The molecule has 10 nitrogen and oxygen atoms in total. The molecule has 10 heteroatoms. The highest BCUT2D eigenvalue weighted by molar-refractivity contribution is 6.01. The summed E-state index contributed by atoms with van der Waals surface area (Å²) in [6, 6.07) is 9.75. The Morgan fingerprint density at radius 2 is 1.69 bits per heavy atom. The number of ether oxygens (including phenoxy) is 4. The molecular formula is C26H30N2O8. The number of primary amides is 1. The number of amides is 1. The van der Waals surface area contributed by atoms with Crippen LogP contribution in [0.25, 0.3) is 0 Å². The SMILES string of the molecule is COc1ccc(C2C(C(=O)O)C(c3ccc4c(c3)OCO4)CN2C(C(N)=O)C(=O)OC(C)(C)C)cc1. The summed E-state index contributed by atoms with van der Waals surface area (Å²) in [6.45, 7) is 5.20. The number of carbonyl (C=O) groups excluding carboxylic acids is 2. The Morgan fingerprint density at radius 3 is 2.28 bits per heavy atom. The van der Waals surface area contributed by atoms with E-state index in [1.54, 1.807) is 63.2 Å². The zero-order valence-electron chi connectivity index (χ0n) is 20.6. The van der Waals surface area contributed by atoms with E-state index in [9.17, 15) is 19.5 Å². The smallest absolute Gasteiger partial charge is 0.333 e. The van der Waals surface area contributed by atoms with Crippen molar-refractivity contribution in [3.05, 3.63) is 53.6 Å². The molecule has 1 amide bonds. The van der Waals surface area contributed by atoms with Crippen LogP contribution in [-0.4, -0.2) is 59.9 Å². The Hall–Kier alpha value is -3.79. The molecule has 2 aromatic carbocycles. The second-order valence-corrected chi connectivity index (χ2v) is 9.84. The fraction of sp³-hybridized carbons (Fsp3) is 0.423. The van der Waals surface area contributed by atoms with E-state index in [1.165, 1.54) is 12.0 Å². The number of nitrogens with zero attached hydrogens (tertiary/aromatic N) is 1. The molecule has 4 unspecified atom stereocenters. The molecule has 0 aromatic heterocycles. The van der Waals surface area contributed by atoms with Crippen LogP contribution in [-0.2, 0) is 19.1 Å². The van der Waals surface area contributed by atoms with Crippen LogP contribution in [0.3, 0.4) is 0 Å². The monoisotopic (exact) mass is 498 g/mol. The number of aliphatic carboxylic acids is 1. The third-order valence-electron chi connectivity index (χ3n) is 6.34. The van der Waals surface area contributed by atoms with Crippen molar-refractivity contribution in [2.45, 2.75) is 44.4 Å². The largest absolute Gasteiger partial charge is 0.497 e. The van der Waals surface area contributed by atoms with Crippen molar-refractivity contribution < 1.29 is 38.4 Å². The van der Waals surface area contributed by atoms with Crippen molar-refractivity contribution in [3.8, 4) is 17.2 Å². The molecule has 0 bridgehead atoms. The van der Waals surface area contributed by atoms with Crippen LogP contribution in [0.4, 0.5) is 0 Å². The van der Waals surface area contributed by atoms with E-state index in [4.69, 9.17) is 24.7 Å². The van der Waals surface area contributed by atoms with E-state index in [1.807, 2.05) is 0 Å². The van der Waals surface area contributed by atoms with Gasteiger partial charge in [0.15, 0.2) is 17.5 Å². The highest BCUT2D eigenvalue weighted by Crippen LogP contribution is 2.48. The number of methoxy groups -OCH3 is 1. The number of nitrogens with two attached hydrogens (primary N) is 1. The van der Waals surface area contributed by atoms with Gasteiger partial charge in [0.2, 0.25) is 12.7 Å². The minimum Gasteiger partial charge on any atom is -0.497 e. The fourth-order valence-corrected chi connectivity index (χ4v) is 4.88. The van der Waals surface area contributed by atoms with Gasteiger partial charge in [0.05, 0.1) is 19.1 Å². The number of benzene rings is 2. The molecule has 0 spiro atoms. The highest BCUT2D eigenvalue weighted by Gasteiger charge is 2.53. The van der Waals surface area contributed by atoms with Crippen molar-refractivity contribution in [2.75, 3.05) is 20.4 Å². The Morgan fingerprint density at radius 1 is 1.06 bits per heavy atom. The molecule has 1 saturated heterocycles. The quantitative estimate of drug-likeness (QED) is 0.435. The van der Waals surface area contributed by atoms with Gasteiger partial charge in [-0.1, -0.05) is 18.2 Å². The van der Waals surface area contributed by atoms with E-state index < -0.39 is 47.4 Å². The van der Waals surface area contributed by atoms with Gasteiger partial charge in [0.1, 0.15) is 11.4 Å². The van der Waals surface area contributed by atoms with Gasteiger partial charge in [-0.15, -0.1) is 0 Å². The molecular weight excluding hydrogens is 468 g/mol. The Bertz CT molecular complexity index is 1160. The number of rotatable bonds is 7. The lowest BCUT2D eigenvalue weighted by atomic mass is 9.82. The molecule has 2 aliphatic heterocycles. The maximum absolute atomic E-state index is 13.2. The predicted octanol–water partition coefficient (Wildman–Crippen LogP) is 2.46. The second kappa shape index (κ2) is 9.69. The summed E-state index contributed by atoms with van der Waals surface area (Å²) in [7, 11) is 1.53. The first kappa shape index (κ1) is 25.3. The van der Waals surface area contributed by atoms with Crippen molar-refractivity contribution >= 4 is 17.8 Å². The number of likely N-dealkylation sites (tertiary alicyclic amines) is 1. The third-order valence-corrected chi connectivity index (χ3v) is 6.34. The maximum atomic E-state index is 13.2. The molecule has 0 saturated carbocycles. The second-order valence-electron chi connectivity index (χ2n) is 9.84. The van der Waals surface area contributed by atoms with Gasteiger partial charge in [-0.3, -0.25) is 14.5 Å². The molecule has 192 valence electrons. The lowest BCUT2D eigenvalue weighted by molar-refractivity contribution is -0.165. The van der Waals surface area contributed by atoms with Crippen LogP contribution in [0, 0.1) is 5.92 Å². The molecule has 36 heavy (non-hydrogen) atoms. The van der Waals surface area contributed by atoms with Crippen molar-refractivity contribution in [2.24, 2.45) is 11.7 Å². The number of carboxylic acid groups (broad SMARTS) is 1. The summed E-state index contributed by atoms with van der Waals surface area (Å²) < 4.78 is 21.6.